The molecule has 0 aliphatic rings. The number of carbonyl (C=O) groups is 2. The number of hydrogen-bond acceptors (Lipinski definition) is 4. The summed E-state index contributed by atoms with van der Waals surface area (Å²) >= 11 is 6.93. The molecule has 0 saturated heterocycles. The molecule has 1 aromatic heterocycles. The van der Waals surface area contributed by atoms with Crippen LogP contribution < -0.4 is 5.48 Å². The summed E-state index contributed by atoms with van der Waals surface area (Å²) in [7, 11) is 0. The van der Waals surface area contributed by atoms with E-state index in [0.29, 0.717) is 10.1 Å². The standard InChI is InChI=1S/C16H7ClF3NO3S/c17-13-8-5-4-7(18)6-11(8)25-14(13)15(22)21-24-16(23)12-9(19)2-1-3-10(12)20/h1-6H,(H,21,22). The Morgan fingerprint density at radius 3 is 2.44 bits per heavy atom. The Morgan fingerprint density at radius 2 is 1.76 bits per heavy atom. The first-order chi connectivity index (χ1) is 11.9. The molecule has 1 heterocycles. The molecule has 3 aromatic rings. The van der Waals surface area contributed by atoms with E-state index >= 15 is 0 Å². The molecule has 9 heteroatoms. The summed E-state index contributed by atoms with van der Waals surface area (Å²) < 4.78 is 40.6. The zero-order valence-corrected chi connectivity index (χ0v) is 13.7. The third-order valence-electron chi connectivity index (χ3n) is 3.20. The third-order valence-corrected chi connectivity index (χ3v) is 4.86. The number of halogens is 4. The van der Waals surface area contributed by atoms with Crippen molar-refractivity contribution in [3.63, 3.8) is 0 Å². The third kappa shape index (κ3) is 3.31. The lowest BCUT2D eigenvalue weighted by Crippen LogP contribution is -2.27. The van der Waals surface area contributed by atoms with Gasteiger partial charge in [-0.2, -0.15) is 5.48 Å². The largest absolute Gasteiger partial charge is 0.368 e. The average molecular weight is 386 g/mol. The fourth-order valence-electron chi connectivity index (χ4n) is 2.07. The maximum Gasteiger partial charge on any atom is 0.368 e. The van der Waals surface area contributed by atoms with Gasteiger partial charge in [-0.15, -0.1) is 11.3 Å². The van der Waals surface area contributed by atoms with E-state index in [0.717, 1.165) is 29.5 Å². The maximum absolute atomic E-state index is 13.5. The monoisotopic (exact) mass is 385 g/mol. The number of benzene rings is 2. The van der Waals surface area contributed by atoms with E-state index in [1.165, 1.54) is 18.2 Å². The van der Waals surface area contributed by atoms with Crippen molar-refractivity contribution in [2.45, 2.75) is 0 Å². The quantitative estimate of drug-likeness (QED) is 0.662. The molecule has 0 spiro atoms. The van der Waals surface area contributed by atoms with Crippen LogP contribution in [0.15, 0.2) is 36.4 Å². The Morgan fingerprint density at radius 1 is 1.08 bits per heavy atom. The Kier molecular flexibility index (Phi) is 4.65. The predicted octanol–water partition coefficient (Wildman–Crippen LogP) is 4.47. The minimum absolute atomic E-state index is 0.0379. The van der Waals surface area contributed by atoms with E-state index in [1.807, 2.05) is 0 Å². The highest BCUT2D eigenvalue weighted by molar-refractivity contribution is 7.21. The van der Waals surface area contributed by atoms with Gasteiger partial charge in [-0.25, -0.2) is 18.0 Å². The molecule has 0 atom stereocenters. The van der Waals surface area contributed by atoms with Crippen LogP contribution in [0.2, 0.25) is 5.02 Å². The molecule has 0 bridgehead atoms. The fourth-order valence-corrected chi connectivity index (χ4v) is 3.50. The van der Waals surface area contributed by atoms with E-state index < -0.39 is 34.9 Å². The SMILES string of the molecule is O=C(NOC(=O)c1c(F)cccc1F)c1sc2cc(F)ccc2c1Cl. The van der Waals surface area contributed by atoms with Gasteiger partial charge in [0.25, 0.3) is 5.91 Å². The van der Waals surface area contributed by atoms with E-state index in [1.54, 1.807) is 5.48 Å². The maximum atomic E-state index is 13.5. The summed E-state index contributed by atoms with van der Waals surface area (Å²) in [6.07, 6.45) is 0. The molecule has 2 aromatic carbocycles. The predicted molar refractivity (Wildman–Crippen MR) is 86.0 cm³/mol. The molecular weight excluding hydrogens is 379 g/mol. The number of amides is 1. The number of thiophene rings is 1. The molecule has 1 amide bonds. The van der Waals surface area contributed by atoms with Gasteiger partial charge < -0.3 is 4.84 Å². The van der Waals surface area contributed by atoms with Crippen molar-refractivity contribution >= 4 is 44.9 Å². The molecule has 0 unspecified atom stereocenters. The molecule has 0 radical (unpaired) electrons. The lowest BCUT2D eigenvalue weighted by Gasteiger charge is -2.06. The van der Waals surface area contributed by atoms with Crippen molar-refractivity contribution in [3.8, 4) is 0 Å². The average Bonchev–Trinajstić information content (AvgIpc) is 2.88. The van der Waals surface area contributed by atoms with Crippen LogP contribution in [-0.4, -0.2) is 11.9 Å². The van der Waals surface area contributed by atoms with Gasteiger partial charge in [0, 0.05) is 10.1 Å². The summed E-state index contributed by atoms with van der Waals surface area (Å²) in [4.78, 5) is 28.2. The molecule has 0 fully saturated rings. The van der Waals surface area contributed by atoms with Gasteiger partial charge in [0.05, 0.1) is 5.02 Å². The molecule has 1 N–H and O–H groups in total. The van der Waals surface area contributed by atoms with Gasteiger partial charge >= 0.3 is 5.97 Å². The minimum atomic E-state index is -1.41. The highest BCUT2D eigenvalue weighted by Gasteiger charge is 2.22. The number of carbonyl (C=O) groups excluding carboxylic acids is 2. The second-order valence-corrected chi connectivity index (χ2v) is 6.23. The molecule has 25 heavy (non-hydrogen) atoms. The summed E-state index contributed by atoms with van der Waals surface area (Å²) in [5, 5.41) is 0.496. The van der Waals surface area contributed by atoms with Gasteiger partial charge in [-0.3, -0.25) is 4.79 Å². The number of hydrogen-bond donors (Lipinski definition) is 1. The van der Waals surface area contributed by atoms with Crippen molar-refractivity contribution in [2.24, 2.45) is 0 Å². The first kappa shape index (κ1) is 17.2. The second kappa shape index (κ2) is 6.73. The van der Waals surface area contributed by atoms with Gasteiger partial charge in [-0.05, 0) is 30.3 Å². The van der Waals surface area contributed by atoms with Crippen molar-refractivity contribution < 1.29 is 27.6 Å². The highest BCUT2D eigenvalue weighted by atomic mass is 35.5. The van der Waals surface area contributed by atoms with E-state index in [9.17, 15) is 22.8 Å². The van der Waals surface area contributed by atoms with Gasteiger partial charge in [0.2, 0.25) is 0 Å². The van der Waals surface area contributed by atoms with Crippen LogP contribution in [0.3, 0.4) is 0 Å². The topological polar surface area (TPSA) is 55.4 Å². The first-order valence-corrected chi connectivity index (χ1v) is 7.91. The lowest BCUT2D eigenvalue weighted by molar-refractivity contribution is 0.0222. The van der Waals surface area contributed by atoms with E-state index in [4.69, 9.17) is 11.6 Å². The Hall–Kier alpha value is -2.58. The number of nitrogens with one attached hydrogen (secondary N) is 1. The van der Waals surface area contributed by atoms with Crippen LogP contribution in [-0.2, 0) is 4.84 Å². The zero-order valence-electron chi connectivity index (χ0n) is 12.1. The van der Waals surface area contributed by atoms with Gasteiger partial charge in [0.15, 0.2) is 0 Å². The smallest absolute Gasteiger partial charge is 0.335 e. The summed E-state index contributed by atoms with van der Waals surface area (Å²) in [6, 6.07) is 6.61. The Labute approximate surface area is 147 Å². The fraction of sp³-hybridized carbons (Fsp3) is 0. The van der Waals surface area contributed by atoms with Crippen LogP contribution in [0.1, 0.15) is 20.0 Å². The van der Waals surface area contributed by atoms with Crippen molar-refractivity contribution in [3.05, 3.63) is 69.3 Å². The molecule has 0 aliphatic heterocycles. The molecule has 0 aliphatic carbocycles. The molecule has 4 nitrogen and oxygen atoms in total. The number of hydroxylamine groups is 1. The Bertz CT molecular complexity index is 985. The lowest BCUT2D eigenvalue weighted by atomic mass is 10.2. The van der Waals surface area contributed by atoms with Crippen LogP contribution in [0.5, 0.6) is 0 Å². The van der Waals surface area contributed by atoms with Crippen LogP contribution in [0, 0.1) is 17.5 Å². The minimum Gasteiger partial charge on any atom is -0.335 e. The highest BCUT2D eigenvalue weighted by Crippen LogP contribution is 2.35. The van der Waals surface area contributed by atoms with Gasteiger partial charge in [-0.1, -0.05) is 17.7 Å². The number of rotatable bonds is 2. The van der Waals surface area contributed by atoms with Crippen LogP contribution in [0.4, 0.5) is 13.2 Å². The first-order valence-electron chi connectivity index (χ1n) is 6.71. The van der Waals surface area contributed by atoms with Gasteiger partial charge in [0.1, 0.15) is 27.9 Å². The molecular formula is C16H7ClF3NO3S. The van der Waals surface area contributed by atoms with Crippen LogP contribution in [0.25, 0.3) is 10.1 Å². The van der Waals surface area contributed by atoms with Crippen molar-refractivity contribution in [2.75, 3.05) is 0 Å². The molecule has 128 valence electrons. The van der Waals surface area contributed by atoms with Crippen molar-refractivity contribution in [1.29, 1.82) is 0 Å². The van der Waals surface area contributed by atoms with E-state index in [2.05, 4.69) is 4.84 Å². The summed E-state index contributed by atoms with van der Waals surface area (Å²) in [5.41, 5.74) is 0.841. The van der Waals surface area contributed by atoms with E-state index in [-0.39, 0.29) is 9.90 Å². The molecule has 3 rings (SSSR count). The van der Waals surface area contributed by atoms with Crippen LogP contribution >= 0.6 is 22.9 Å². The normalized spacial score (nSPS) is 10.7. The summed E-state index contributed by atoms with van der Waals surface area (Å²) in [5.74, 6) is -5.08. The number of fused-ring (bicyclic) bond motifs is 1. The molecule has 0 saturated carbocycles. The zero-order chi connectivity index (χ0) is 18.1. The summed E-state index contributed by atoms with van der Waals surface area (Å²) in [6.45, 7) is 0. The second-order valence-electron chi connectivity index (χ2n) is 4.80. The van der Waals surface area contributed by atoms with Crippen molar-refractivity contribution in [1.82, 2.24) is 5.48 Å². The Balaban J connectivity index is 1.79.